The fraction of sp³-hybridized carbons (Fsp3) is 0.360. The van der Waals surface area contributed by atoms with Crippen LogP contribution in [0.3, 0.4) is 0 Å². The van der Waals surface area contributed by atoms with E-state index in [9.17, 15) is 46.1 Å². The molecule has 0 fully saturated rings. The van der Waals surface area contributed by atoms with Gasteiger partial charge in [-0.1, -0.05) is 11.6 Å². The first-order valence-corrected chi connectivity index (χ1v) is 13.1. The highest BCUT2D eigenvalue weighted by molar-refractivity contribution is 6.30. The molecule has 3 aromatic heterocycles. The molecule has 4 rings (SSSR count). The number of aliphatic hydroxyl groups excluding tert-OH is 1. The summed E-state index contributed by atoms with van der Waals surface area (Å²) in [6, 6.07) is 7.53. The number of carbonyl (C=O) groups excluding carboxylic acids is 1. The van der Waals surface area contributed by atoms with E-state index in [1.807, 2.05) is 0 Å². The van der Waals surface area contributed by atoms with E-state index in [1.54, 1.807) is 0 Å². The number of pyridine rings is 1. The minimum atomic E-state index is -5.16. The molecule has 0 aliphatic rings. The second kappa shape index (κ2) is 12.5. The second-order valence-corrected chi connectivity index (χ2v) is 10.5. The van der Waals surface area contributed by atoms with E-state index in [1.165, 1.54) is 38.1 Å². The van der Waals surface area contributed by atoms with Crippen molar-refractivity contribution in [2.75, 3.05) is 6.54 Å². The molecule has 13 nitrogen and oxygen atoms in total. The third-order valence-corrected chi connectivity index (χ3v) is 6.01. The first-order chi connectivity index (χ1) is 20.8. The zero-order valence-corrected chi connectivity index (χ0v) is 23.9. The Bertz CT molecular complexity index is 1730. The van der Waals surface area contributed by atoms with Gasteiger partial charge in [-0.3, -0.25) is 9.36 Å². The van der Waals surface area contributed by atoms with Crippen molar-refractivity contribution in [1.29, 1.82) is 0 Å². The summed E-state index contributed by atoms with van der Waals surface area (Å²) in [7, 11) is 0. The number of carbonyl (C=O) groups is 1. The molecule has 45 heavy (non-hydrogen) atoms. The van der Waals surface area contributed by atoms with Crippen LogP contribution in [0.4, 0.5) is 26.3 Å². The van der Waals surface area contributed by atoms with Gasteiger partial charge in [-0.15, -0.1) is 23.4 Å². The lowest BCUT2D eigenvalue weighted by Gasteiger charge is -2.17. The van der Waals surface area contributed by atoms with Gasteiger partial charge in [0.25, 0.3) is 5.91 Å². The number of rotatable bonds is 10. The van der Waals surface area contributed by atoms with E-state index in [0.29, 0.717) is 13.9 Å². The highest BCUT2D eigenvalue weighted by Gasteiger charge is 2.39. The summed E-state index contributed by atoms with van der Waals surface area (Å²) in [5.74, 6) is -3.86. The van der Waals surface area contributed by atoms with Crippen molar-refractivity contribution in [1.82, 2.24) is 39.4 Å². The van der Waals surface area contributed by atoms with Crippen molar-refractivity contribution < 1.29 is 46.1 Å². The maximum Gasteiger partial charge on any atom is 0.573 e. The highest BCUT2D eigenvalue weighted by atomic mass is 35.5. The summed E-state index contributed by atoms with van der Waals surface area (Å²) < 4.78 is 84.7. The van der Waals surface area contributed by atoms with Gasteiger partial charge < -0.3 is 20.3 Å². The summed E-state index contributed by atoms with van der Waals surface area (Å²) in [6.45, 7) is 0.481. The minimum Gasteiger partial charge on any atom is -0.402 e. The third kappa shape index (κ3) is 8.37. The Labute approximate surface area is 253 Å². The van der Waals surface area contributed by atoms with Crippen LogP contribution in [-0.4, -0.2) is 81.0 Å². The SMILES string of the molecule is CC(C)(O)CNC(=O)c1nc(Cn2nc(-c3ccc(Cl)cc3)n(C[C@H](O)C(F)(F)F)c2=O)nn1-c1ncccc1OC(F)(F)F. The number of amides is 1. The average Bonchev–Trinajstić information content (AvgIpc) is 3.48. The number of benzene rings is 1. The molecular weight excluding hydrogens is 642 g/mol. The molecule has 0 saturated carbocycles. The first kappa shape index (κ1) is 33.4. The van der Waals surface area contributed by atoms with Crippen molar-refractivity contribution in [3.05, 3.63) is 69.8 Å². The van der Waals surface area contributed by atoms with Crippen molar-refractivity contribution >= 4 is 17.5 Å². The minimum absolute atomic E-state index is 0.150. The fourth-order valence-electron chi connectivity index (χ4n) is 3.77. The number of hydrogen-bond donors (Lipinski definition) is 3. The molecule has 3 N–H and O–H groups in total. The summed E-state index contributed by atoms with van der Waals surface area (Å²) in [5, 5.41) is 30.4. The highest BCUT2D eigenvalue weighted by Crippen LogP contribution is 2.28. The van der Waals surface area contributed by atoms with Gasteiger partial charge in [0.05, 0.1) is 12.1 Å². The molecular formula is C25H23ClF6N8O5. The van der Waals surface area contributed by atoms with Gasteiger partial charge >= 0.3 is 18.2 Å². The molecule has 0 aliphatic heterocycles. The molecule has 20 heteroatoms. The number of nitrogens with zero attached hydrogens (tertiary/aromatic N) is 7. The Morgan fingerprint density at radius 2 is 1.76 bits per heavy atom. The Balaban J connectivity index is 1.81. The van der Waals surface area contributed by atoms with Gasteiger partial charge in [0.2, 0.25) is 5.82 Å². The van der Waals surface area contributed by atoms with Crippen molar-refractivity contribution in [2.45, 2.75) is 51.2 Å². The van der Waals surface area contributed by atoms with Gasteiger partial charge in [-0.2, -0.15) is 17.9 Å². The van der Waals surface area contributed by atoms with Crippen LogP contribution in [0.5, 0.6) is 5.75 Å². The monoisotopic (exact) mass is 664 g/mol. The lowest BCUT2D eigenvalue weighted by atomic mass is 10.1. The van der Waals surface area contributed by atoms with Gasteiger partial charge in [-0.25, -0.2) is 19.4 Å². The quantitative estimate of drug-likeness (QED) is 0.217. The number of ether oxygens (including phenoxy) is 1. The molecule has 1 atom stereocenters. The molecule has 0 aliphatic carbocycles. The molecule has 0 radical (unpaired) electrons. The normalized spacial score (nSPS) is 13.1. The lowest BCUT2D eigenvalue weighted by Crippen LogP contribution is -2.39. The van der Waals surface area contributed by atoms with Crippen LogP contribution >= 0.6 is 11.6 Å². The summed E-state index contributed by atoms with van der Waals surface area (Å²) in [6.07, 6.45) is -12.1. The van der Waals surface area contributed by atoms with E-state index in [4.69, 9.17) is 11.6 Å². The van der Waals surface area contributed by atoms with Gasteiger partial charge in [0.15, 0.2) is 29.3 Å². The first-order valence-electron chi connectivity index (χ1n) is 12.7. The van der Waals surface area contributed by atoms with Crippen molar-refractivity contribution in [3.63, 3.8) is 0 Å². The van der Waals surface area contributed by atoms with Crippen LogP contribution in [0.2, 0.25) is 5.02 Å². The van der Waals surface area contributed by atoms with E-state index >= 15 is 0 Å². The summed E-state index contributed by atoms with van der Waals surface area (Å²) >= 11 is 5.89. The number of hydrogen-bond acceptors (Lipinski definition) is 9. The van der Waals surface area contributed by atoms with Gasteiger partial charge in [0.1, 0.15) is 6.54 Å². The van der Waals surface area contributed by atoms with Crippen LogP contribution in [-0.2, 0) is 13.1 Å². The van der Waals surface area contributed by atoms with Gasteiger partial charge in [-0.05, 0) is 50.2 Å². The second-order valence-electron chi connectivity index (χ2n) is 10.1. The molecule has 0 unspecified atom stereocenters. The lowest BCUT2D eigenvalue weighted by molar-refractivity contribution is -0.274. The Hall–Kier alpha value is -4.49. The fourth-order valence-corrected chi connectivity index (χ4v) is 3.90. The topological polar surface area (TPSA) is 162 Å². The summed E-state index contributed by atoms with van der Waals surface area (Å²) in [4.78, 5) is 34.1. The van der Waals surface area contributed by atoms with E-state index in [0.717, 1.165) is 18.3 Å². The molecule has 1 amide bonds. The average molecular weight is 665 g/mol. The van der Waals surface area contributed by atoms with Crippen molar-refractivity contribution in [3.8, 4) is 23.0 Å². The largest absolute Gasteiger partial charge is 0.573 e. The standard InChI is InChI=1S/C25H23ClF6N8O5/c1-23(2,44)12-34-21(42)20-35-17(36-40(20)19-15(4-3-9-33-19)45-25(30,31)32)11-39-22(43)38(10-16(41)24(27,28)29)18(37-39)13-5-7-14(26)8-6-13/h3-9,16,41,44H,10-12H2,1-2H3,(H,34,42)/t16-/m0/s1. The van der Waals surface area contributed by atoms with Gasteiger partial charge in [0, 0.05) is 23.3 Å². The van der Waals surface area contributed by atoms with E-state index in [2.05, 4.69) is 30.2 Å². The van der Waals surface area contributed by atoms with Crippen molar-refractivity contribution in [2.24, 2.45) is 0 Å². The van der Waals surface area contributed by atoms with E-state index in [-0.39, 0.29) is 23.0 Å². The predicted molar refractivity (Wildman–Crippen MR) is 143 cm³/mol. The van der Waals surface area contributed by atoms with Crippen LogP contribution in [0.15, 0.2) is 47.4 Å². The molecule has 242 valence electrons. The number of nitrogens with one attached hydrogen (secondary N) is 1. The Kier molecular flexibility index (Phi) is 9.27. The smallest absolute Gasteiger partial charge is 0.402 e. The number of halogens is 7. The molecule has 0 spiro atoms. The maximum absolute atomic E-state index is 13.2. The van der Waals surface area contributed by atoms with Crippen LogP contribution in [0, 0.1) is 0 Å². The van der Waals surface area contributed by atoms with E-state index < -0.39 is 72.1 Å². The molecule has 1 aromatic carbocycles. The summed E-state index contributed by atoms with van der Waals surface area (Å²) in [5.41, 5.74) is -2.40. The van der Waals surface area contributed by atoms with Crippen LogP contribution in [0.1, 0.15) is 30.3 Å². The Morgan fingerprint density at radius 1 is 1.09 bits per heavy atom. The maximum atomic E-state index is 13.2. The Morgan fingerprint density at radius 3 is 2.36 bits per heavy atom. The predicted octanol–water partition coefficient (Wildman–Crippen LogP) is 2.71. The molecule has 3 heterocycles. The zero-order chi connectivity index (χ0) is 33.3. The van der Waals surface area contributed by atoms with Crippen LogP contribution in [0.25, 0.3) is 17.2 Å². The molecule has 0 bridgehead atoms. The zero-order valence-electron chi connectivity index (χ0n) is 23.1. The number of aliphatic hydroxyl groups is 2. The number of aromatic nitrogens is 7. The number of alkyl halides is 6. The molecule has 4 aromatic rings. The third-order valence-electron chi connectivity index (χ3n) is 5.76. The van der Waals surface area contributed by atoms with Crippen LogP contribution < -0.4 is 15.7 Å². The molecule has 0 saturated heterocycles.